The van der Waals surface area contributed by atoms with E-state index in [4.69, 9.17) is 11.6 Å². The number of carboxylic acid groups (broad SMARTS) is 1. The second kappa shape index (κ2) is 5.32. The molecule has 1 fully saturated rings. The van der Waals surface area contributed by atoms with E-state index in [9.17, 15) is 14.7 Å². The summed E-state index contributed by atoms with van der Waals surface area (Å²) in [6.07, 6.45) is 4.63. The molecule has 2 aromatic rings. The Bertz CT molecular complexity index is 847. The predicted octanol–water partition coefficient (Wildman–Crippen LogP) is 3.41. The molecule has 118 valence electrons. The minimum atomic E-state index is -0.905. The third-order valence-corrected chi connectivity index (χ3v) is 5.80. The van der Waals surface area contributed by atoms with Crippen LogP contribution in [0, 0.1) is 23.7 Å². The van der Waals surface area contributed by atoms with E-state index in [2.05, 4.69) is 10.3 Å². The minimum Gasteiger partial charge on any atom is -0.481 e. The summed E-state index contributed by atoms with van der Waals surface area (Å²) in [7, 11) is 0. The highest BCUT2D eigenvalue weighted by molar-refractivity contribution is 7.22. The molecule has 1 aromatic carbocycles. The smallest absolute Gasteiger partial charge is 0.307 e. The number of carbonyl (C=O) groups is 2. The summed E-state index contributed by atoms with van der Waals surface area (Å²) in [5.41, 5.74) is 0.761. The number of aromatic nitrogens is 1. The Morgan fingerprint density at radius 3 is 2.74 bits per heavy atom. The lowest BCUT2D eigenvalue weighted by Crippen LogP contribution is -2.36. The second-order valence-electron chi connectivity index (χ2n) is 5.96. The lowest BCUT2D eigenvalue weighted by Gasteiger charge is -2.23. The van der Waals surface area contributed by atoms with E-state index in [1.165, 1.54) is 11.3 Å². The molecule has 2 N–H and O–H groups in total. The average Bonchev–Trinajstić information content (AvgIpc) is 3.18. The van der Waals surface area contributed by atoms with Crippen molar-refractivity contribution < 1.29 is 14.7 Å². The van der Waals surface area contributed by atoms with Gasteiger partial charge in [0.1, 0.15) is 0 Å². The molecule has 0 radical (unpaired) electrons. The number of allylic oxidation sites excluding steroid dienone is 2. The molecule has 4 atom stereocenters. The molecule has 0 unspecified atom stereocenters. The fourth-order valence-corrected chi connectivity index (χ4v) is 4.80. The molecule has 1 aromatic heterocycles. The van der Waals surface area contributed by atoms with Crippen molar-refractivity contribution in [3.63, 3.8) is 0 Å². The Morgan fingerprint density at radius 1 is 1.26 bits per heavy atom. The third-order valence-electron chi connectivity index (χ3n) is 4.63. The van der Waals surface area contributed by atoms with Crippen LogP contribution >= 0.6 is 22.9 Å². The van der Waals surface area contributed by atoms with Crippen LogP contribution in [0.5, 0.6) is 0 Å². The summed E-state index contributed by atoms with van der Waals surface area (Å²) in [6.45, 7) is 0. The molecule has 1 heterocycles. The number of hydrogen-bond donors (Lipinski definition) is 2. The van der Waals surface area contributed by atoms with Crippen LogP contribution < -0.4 is 5.32 Å². The van der Waals surface area contributed by atoms with Gasteiger partial charge in [0, 0.05) is 5.02 Å². The number of rotatable bonds is 3. The number of halogens is 1. The Labute approximate surface area is 141 Å². The molecule has 0 spiro atoms. The van der Waals surface area contributed by atoms with E-state index in [0.717, 1.165) is 16.6 Å². The number of carboxylic acids is 1. The Hall–Kier alpha value is -1.92. The molecule has 1 amide bonds. The fourth-order valence-electron chi connectivity index (χ4n) is 3.66. The molecule has 0 aliphatic heterocycles. The maximum Gasteiger partial charge on any atom is 0.307 e. The van der Waals surface area contributed by atoms with Gasteiger partial charge < -0.3 is 10.4 Å². The van der Waals surface area contributed by atoms with Crippen molar-refractivity contribution in [1.29, 1.82) is 0 Å². The highest BCUT2D eigenvalue weighted by Gasteiger charge is 2.51. The van der Waals surface area contributed by atoms with Crippen LogP contribution in [0.2, 0.25) is 5.02 Å². The number of carbonyl (C=O) groups excluding carboxylic acids is 1. The van der Waals surface area contributed by atoms with Gasteiger partial charge in [0.05, 0.1) is 22.1 Å². The molecule has 2 aliphatic carbocycles. The first-order valence-electron chi connectivity index (χ1n) is 7.31. The largest absolute Gasteiger partial charge is 0.481 e. The van der Waals surface area contributed by atoms with Crippen molar-refractivity contribution in [2.45, 2.75) is 6.42 Å². The van der Waals surface area contributed by atoms with Crippen LogP contribution in [0.15, 0.2) is 30.4 Å². The standard InChI is InChI=1S/C16H13ClN2O3S/c17-9-3-4-10-11(6-9)23-16(18-10)19-14(20)12-7-1-2-8(5-7)13(12)15(21)22/h1-4,6-8,12-13H,5H2,(H,21,22)(H,18,19,20)/t7-,8+,12-,13-/m0/s1. The highest BCUT2D eigenvalue weighted by atomic mass is 35.5. The van der Waals surface area contributed by atoms with Gasteiger partial charge in [0.25, 0.3) is 0 Å². The van der Waals surface area contributed by atoms with E-state index in [0.29, 0.717) is 10.2 Å². The summed E-state index contributed by atoms with van der Waals surface area (Å²) in [5, 5.41) is 13.3. The molecular weight excluding hydrogens is 336 g/mol. The second-order valence-corrected chi connectivity index (χ2v) is 7.43. The van der Waals surface area contributed by atoms with Gasteiger partial charge in [-0.05, 0) is 36.5 Å². The van der Waals surface area contributed by atoms with Crippen LogP contribution in [0.4, 0.5) is 5.13 Å². The van der Waals surface area contributed by atoms with Crippen molar-refractivity contribution in [2.75, 3.05) is 5.32 Å². The van der Waals surface area contributed by atoms with Crippen LogP contribution in [-0.4, -0.2) is 22.0 Å². The molecule has 1 saturated carbocycles. The number of aliphatic carboxylic acids is 1. The number of nitrogens with one attached hydrogen (secondary N) is 1. The molecule has 2 aliphatic rings. The molecule has 2 bridgehead atoms. The van der Waals surface area contributed by atoms with Crippen LogP contribution in [0.25, 0.3) is 10.2 Å². The number of fused-ring (bicyclic) bond motifs is 3. The SMILES string of the molecule is O=C(O)[C@@H]1[C@@H](C(=O)Nc2nc3ccc(Cl)cc3s2)[C@H]2C=C[C@@H]1C2. The van der Waals surface area contributed by atoms with E-state index < -0.39 is 17.8 Å². The first-order chi connectivity index (χ1) is 11.0. The molecular formula is C16H13ClN2O3S. The normalized spacial score (nSPS) is 28.4. The number of amides is 1. The summed E-state index contributed by atoms with van der Waals surface area (Å²) >= 11 is 7.29. The van der Waals surface area contributed by atoms with Crippen molar-refractivity contribution in [2.24, 2.45) is 23.7 Å². The van der Waals surface area contributed by atoms with Gasteiger partial charge in [-0.25, -0.2) is 4.98 Å². The zero-order chi connectivity index (χ0) is 16.1. The summed E-state index contributed by atoms with van der Waals surface area (Å²) in [4.78, 5) is 28.5. The van der Waals surface area contributed by atoms with Crippen LogP contribution in [0.1, 0.15) is 6.42 Å². The number of thiazole rings is 1. The predicted molar refractivity (Wildman–Crippen MR) is 88.6 cm³/mol. The number of hydrogen-bond acceptors (Lipinski definition) is 4. The zero-order valence-corrected chi connectivity index (χ0v) is 13.5. The van der Waals surface area contributed by atoms with Gasteiger partial charge >= 0.3 is 5.97 Å². The maximum absolute atomic E-state index is 12.6. The van der Waals surface area contributed by atoms with Crippen molar-refractivity contribution in [1.82, 2.24) is 4.98 Å². The number of benzene rings is 1. The molecule has 4 rings (SSSR count). The van der Waals surface area contributed by atoms with Gasteiger partial charge in [-0.3, -0.25) is 9.59 Å². The van der Waals surface area contributed by atoms with Crippen LogP contribution in [0.3, 0.4) is 0 Å². The Kier molecular flexibility index (Phi) is 3.39. The van der Waals surface area contributed by atoms with Gasteiger partial charge in [0.2, 0.25) is 5.91 Å². The Balaban J connectivity index is 1.59. The maximum atomic E-state index is 12.6. The van der Waals surface area contributed by atoms with Crippen molar-refractivity contribution in [3.05, 3.63) is 35.4 Å². The van der Waals surface area contributed by atoms with E-state index in [1.807, 2.05) is 12.2 Å². The zero-order valence-electron chi connectivity index (χ0n) is 11.9. The first kappa shape index (κ1) is 14.7. The van der Waals surface area contributed by atoms with Crippen LogP contribution in [-0.2, 0) is 9.59 Å². The quantitative estimate of drug-likeness (QED) is 0.833. The average molecular weight is 349 g/mol. The van der Waals surface area contributed by atoms with Crippen molar-refractivity contribution >= 4 is 50.2 Å². The number of nitrogens with zero attached hydrogens (tertiary/aromatic N) is 1. The summed E-state index contributed by atoms with van der Waals surface area (Å²) in [5.74, 6) is -2.38. The monoisotopic (exact) mass is 348 g/mol. The molecule has 23 heavy (non-hydrogen) atoms. The first-order valence-corrected chi connectivity index (χ1v) is 8.50. The van der Waals surface area contributed by atoms with Gasteiger partial charge in [-0.2, -0.15) is 0 Å². The molecule has 7 heteroatoms. The summed E-state index contributed by atoms with van der Waals surface area (Å²) in [6, 6.07) is 5.34. The molecule has 5 nitrogen and oxygen atoms in total. The van der Waals surface area contributed by atoms with E-state index in [-0.39, 0.29) is 17.7 Å². The van der Waals surface area contributed by atoms with Crippen molar-refractivity contribution in [3.8, 4) is 0 Å². The van der Waals surface area contributed by atoms with Gasteiger partial charge in [-0.15, -0.1) is 0 Å². The topological polar surface area (TPSA) is 79.3 Å². The fraction of sp³-hybridized carbons (Fsp3) is 0.312. The third kappa shape index (κ3) is 2.42. The van der Waals surface area contributed by atoms with E-state index >= 15 is 0 Å². The lowest BCUT2D eigenvalue weighted by atomic mass is 9.82. The summed E-state index contributed by atoms with van der Waals surface area (Å²) < 4.78 is 0.885. The highest BCUT2D eigenvalue weighted by Crippen LogP contribution is 2.48. The van der Waals surface area contributed by atoms with E-state index in [1.54, 1.807) is 18.2 Å². The Morgan fingerprint density at radius 2 is 2.00 bits per heavy atom. The number of anilines is 1. The molecule has 0 saturated heterocycles. The van der Waals surface area contributed by atoms with Gasteiger partial charge in [0.15, 0.2) is 5.13 Å². The lowest BCUT2D eigenvalue weighted by molar-refractivity contribution is -0.146. The minimum absolute atomic E-state index is 0.00456. The van der Waals surface area contributed by atoms with Gasteiger partial charge in [-0.1, -0.05) is 35.1 Å².